The van der Waals surface area contributed by atoms with E-state index in [1.165, 1.54) is 6.92 Å². The first-order chi connectivity index (χ1) is 12.0. The van der Waals surface area contributed by atoms with Crippen LogP contribution in [-0.2, 0) is 17.8 Å². The van der Waals surface area contributed by atoms with Gasteiger partial charge < -0.3 is 20.1 Å². The quantitative estimate of drug-likeness (QED) is 0.810. The van der Waals surface area contributed by atoms with Crippen molar-refractivity contribution in [1.82, 2.24) is 5.32 Å². The molecule has 0 spiro atoms. The first kappa shape index (κ1) is 18.3. The number of amides is 2. The molecule has 0 aromatic heterocycles. The van der Waals surface area contributed by atoms with Gasteiger partial charge in [0.2, 0.25) is 0 Å². The van der Waals surface area contributed by atoms with Crippen molar-refractivity contribution in [1.29, 1.82) is 0 Å². The molecule has 0 bridgehead atoms. The Morgan fingerprint density at radius 3 is 2.24 bits per heavy atom. The highest BCUT2D eigenvalue weighted by Crippen LogP contribution is 2.27. The average Bonchev–Trinajstić information content (AvgIpc) is 2.59. The summed E-state index contributed by atoms with van der Waals surface area (Å²) in [5, 5.41) is 5.54. The lowest BCUT2D eigenvalue weighted by atomic mass is 10.1. The normalized spacial score (nSPS) is 10.0. The van der Waals surface area contributed by atoms with Crippen LogP contribution in [0.1, 0.15) is 18.1 Å². The van der Waals surface area contributed by atoms with Gasteiger partial charge in [-0.25, -0.2) is 4.79 Å². The van der Waals surface area contributed by atoms with E-state index in [4.69, 9.17) is 9.47 Å². The van der Waals surface area contributed by atoms with Crippen LogP contribution in [0.4, 0.5) is 10.5 Å². The number of nitrogens with one attached hydrogen (secondary N) is 2. The van der Waals surface area contributed by atoms with Crippen LogP contribution in [0.15, 0.2) is 42.5 Å². The number of carbonyl (C=O) groups excluding carboxylic acids is 2. The van der Waals surface area contributed by atoms with Gasteiger partial charge in [-0.3, -0.25) is 4.79 Å². The number of ketones is 1. The van der Waals surface area contributed by atoms with E-state index in [2.05, 4.69) is 10.6 Å². The number of hydrogen-bond donors (Lipinski definition) is 2. The summed E-state index contributed by atoms with van der Waals surface area (Å²) >= 11 is 0. The summed E-state index contributed by atoms with van der Waals surface area (Å²) in [5.74, 6) is 1.36. The maximum absolute atomic E-state index is 12.1. The molecule has 0 aliphatic heterocycles. The van der Waals surface area contributed by atoms with Crippen LogP contribution < -0.4 is 20.1 Å². The lowest BCUT2D eigenvalue weighted by Crippen LogP contribution is -2.28. The van der Waals surface area contributed by atoms with Gasteiger partial charge in [-0.2, -0.15) is 0 Å². The number of rotatable bonds is 7. The number of carbonyl (C=O) groups is 2. The van der Waals surface area contributed by atoms with Crippen molar-refractivity contribution in [3.05, 3.63) is 53.6 Å². The zero-order valence-corrected chi connectivity index (χ0v) is 14.6. The minimum Gasteiger partial charge on any atom is -0.496 e. The van der Waals surface area contributed by atoms with Crippen molar-refractivity contribution in [3.63, 3.8) is 0 Å². The third-order valence-corrected chi connectivity index (χ3v) is 3.59. The van der Waals surface area contributed by atoms with E-state index in [0.717, 1.165) is 11.1 Å². The maximum Gasteiger partial charge on any atom is 0.319 e. The lowest BCUT2D eigenvalue weighted by Gasteiger charge is -2.14. The van der Waals surface area contributed by atoms with Crippen LogP contribution in [0.5, 0.6) is 11.5 Å². The standard InChI is InChI=1S/C19H22N2O4/c1-13(22)10-14-6-4-7-15(11-14)21-19(23)20-12-16-17(24-2)8-5-9-18(16)25-3/h4-9,11H,10,12H2,1-3H3,(H2,20,21,23). The van der Waals surface area contributed by atoms with Gasteiger partial charge in [-0.15, -0.1) is 0 Å². The molecule has 0 heterocycles. The summed E-state index contributed by atoms with van der Waals surface area (Å²) < 4.78 is 10.6. The van der Waals surface area contributed by atoms with Gasteiger partial charge in [0.05, 0.1) is 26.3 Å². The zero-order chi connectivity index (χ0) is 18.2. The average molecular weight is 342 g/mol. The predicted molar refractivity (Wildman–Crippen MR) is 96.2 cm³/mol. The zero-order valence-electron chi connectivity index (χ0n) is 14.6. The van der Waals surface area contributed by atoms with Crippen molar-refractivity contribution in [2.45, 2.75) is 19.9 Å². The molecule has 6 nitrogen and oxygen atoms in total. The van der Waals surface area contributed by atoms with E-state index in [1.54, 1.807) is 32.4 Å². The first-order valence-corrected chi connectivity index (χ1v) is 7.86. The van der Waals surface area contributed by atoms with E-state index >= 15 is 0 Å². The first-order valence-electron chi connectivity index (χ1n) is 7.86. The highest BCUT2D eigenvalue weighted by Gasteiger charge is 2.11. The molecule has 0 fully saturated rings. The van der Waals surface area contributed by atoms with Crippen molar-refractivity contribution in [3.8, 4) is 11.5 Å². The van der Waals surface area contributed by atoms with E-state index < -0.39 is 0 Å². The number of urea groups is 1. The molecule has 2 aromatic rings. The smallest absolute Gasteiger partial charge is 0.319 e. The number of methoxy groups -OCH3 is 2. The Hall–Kier alpha value is -3.02. The van der Waals surface area contributed by atoms with Crippen molar-refractivity contribution >= 4 is 17.5 Å². The summed E-state index contributed by atoms with van der Waals surface area (Å²) in [6.45, 7) is 1.79. The summed E-state index contributed by atoms with van der Waals surface area (Å²) in [7, 11) is 3.14. The van der Waals surface area contributed by atoms with Crippen molar-refractivity contribution < 1.29 is 19.1 Å². The molecule has 0 saturated heterocycles. The molecule has 2 N–H and O–H groups in total. The fourth-order valence-corrected chi connectivity index (χ4v) is 2.49. The lowest BCUT2D eigenvalue weighted by molar-refractivity contribution is -0.116. The molecule has 6 heteroatoms. The number of benzene rings is 2. The molecule has 2 aromatic carbocycles. The molecule has 0 aliphatic carbocycles. The van der Waals surface area contributed by atoms with Gasteiger partial charge in [0.15, 0.2) is 0 Å². The molecule has 132 valence electrons. The number of ether oxygens (including phenoxy) is 2. The SMILES string of the molecule is COc1cccc(OC)c1CNC(=O)Nc1cccc(CC(C)=O)c1. The maximum atomic E-state index is 12.1. The third kappa shape index (κ3) is 5.24. The minimum atomic E-state index is -0.354. The Morgan fingerprint density at radius 1 is 1.00 bits per heavy atom. The second-order valence-corrected chi connectivity index (χ2v) is 5.53. The molecule has 25 heavy (non-hydrogen) atoms. The van der Waals surface area contributed by atoms with E-state index in [9.17, 15) is 9.59 Å². The fourth-order valence-electron chi connectivity index (χ4n) is 2.49. The Labute approximate surface area is 147 Å². The van der Waals surface area contributed by atoms with Crippen LogP contribution in [-0.4, -0.2) is 26.0 Å². The van der Waals surface area contributed by atoms with E-state index in [1.807, 2.05) is 24.3 Å². The van der Waals surface area contributed by atoms with Gasteiger partial charge in [0.25, 0.3) is 0 Å². The third-order valence-electron chi connectivity index (χ3n) is 3.59. The predicted octanol–water partition coefficient (Wildman–Crippen LogP) is 3.16. The highest BCUT2D eigenvalue weighted by atomic mass is 16.5. The van der Waals surface area contributed by atoms with Crippen LogP contribution in [0.3, 0.4) is 0 Å². The van der Waals surface area contributed by atoms with Gasteiger partial charge in [0.1, 0.15) is 17.3 Å². The highest BCUT2D eigenvalue weighted by molar-refractivity contribution is 5.89. The monoisotopic (exact) mass is 342 g/mol. The Bertz CT molecular complexity index is 737. The largest absolute Gasteiger partial charge is 0.496 e. The van der Waals surface area contributed by atoms with Gasteiger partial charge >= 0.3 is 6.03 Å². The van der Waals surface area contributed by atoms with Gasteiger partial charge in [-0.1, -0.05) is 18.2 Å². The molecule has 0 saturated carbocycles. The van der Waals surface area contributed by atoms with E-state index in [-0.39, 0.29) is 18.4 Å². The van der Waals surface area contributed by atoms with Gasteiger partial charge in [-0.05, 0) is 36.8 Å². The van der Waals surface area contributed by atoms with E-state index in [0.29, 0.717) is 23.6 Å². The number of Topliss-reactive ketones (excluding diaryl/α,β-unsaturated/α-hetero) is 1. The van der Waals surface area contributed by atoms with Crippen LogP contribution in [0.2, 0.25) is 0 Å². The molecule has 2 amide bonds. The fraction of sp³-hybridized carbons (Fsp3) is 0.263. The molecule has 0 aliphatic rings. The molecule has 0 radical (unpaired) electrons. The Kier molecular flexibility index (Phi) is 6.39. The number of hydrogen-bond acceptors (Lipinski definition) is 4. The van der Waals surface area contributed by atoms with Crippen LogP contribution in [0.25, 0.3) is 0 Å². The minimum absolute atomic E-state index is 0.0740. The van der Waals surface area contributed by atoms with Crippen molar-refractivity contribution in [2.75, 3.05) is 19.5 Å². The summed E-state index contributed by atoms with van der Waals surface area (Å²) in [4.78, 5) is 23.4. The summed E-state index contributed by atoms with van der Waals surface area (Å²) in [5.41, 5.74) is 2.24. The molecule has 0 unspecified atom stereocenters. The van der Waals surface area contributed by atoms with Crippen LogP contribution in [0, 0.1) is 0 Å². The second kappa shape index (κ2) is 8.73. The second-order valence-electron chi connectivity index (χ2n) is 5.53. The molecular formula is C19H22N2O4. The van der Waals surface area contributed by atoms with Gasteiger partial charge in [0, 0.05) is 12.1 Å². The Balaban J connectivity index is 2.01. The summed E-state index contributed by atoms with van der Waals surface area (Å²) in [6.07, 6.45) is 0.343. The number of anilines is 1. The summed E-state index contributed by atoms with van der Waals surface area (Å²) in [6, 6.07) is 12.3. The Morgan fingerprint density at radius 2 is 1.64 bits per heavy atom. The molecular weight excluding hydrogens is 320 g/mol. The molecule has 2 rings (SSSR count). The topological polar surface area (TPSA) is 76.7 Å². The van der Waals surface area contributed by atoms with Crippen LogP contribution >= 0.6 is 0 Å². The van der Waals surface area contributed by atoms with Crippen molar-refractivity contribution in [2.24, 2.45) is 0 Å². The molecule has 0 atom stereocenters.